The van der Waals surface area contributed by atoms with Crippen LogP contribution in [0.4, 0.5) is 13.2 Å². The minimum absolute atomic E-state index is 0.181. The van der Waals surface area contributed by atoms with Crippen LogP contribution in [0.2, 0.25) is 0 Å². The lowest BCUT2D eigenvalue weighted by molar-refractivity contribution is -0.141. The summed E-state index contributed by atoms with van der Waals surface area (Å²) in [4.78, 5) is 15.4. The van der Waals surface area contributed by atoms with Gasteiger partial charge in [-0.25, -0.2) is 9.78 Å². The first-order valence-corrected chi connectivity index (χ1v) is 5.97. The van der Waals surface area contributed by atoms with Crippen LogP contribution >= 0.6 is 0 Å². The molecule has 2 rings (SSSR count). The van der Waals surface area contributed by atoms with Gasteiger partial charge in [-0.1, -0.05) is 18.2 Å². The summed E-state index contributed by atoms with van der Waals surface area (Å²) in [6.07, 6.45) is -5.22. The number of rotatable bonds is 2. The Balaban J connectivity index is 2.63. The Hall–Kier alpha value is -2.11. The molecule has 0 radical (unpaired) electrons. The zero-order chi connectivity index (χ0) is 14.9. The minimum atomic E-state index is -4.71. The van der Waals surface area contributed by atoms with E-state index in [1.807, 2.05) is 0 Å². The molecule has 20 heavy (non-hydrogen) atoms. The lowest BCUT2D eigenvalue weighted by Crippen LogP contribution is -2.19. The van der Waals surface area contributed by atoms with Crippen LogP contribution in [0.15, 0.2) is 30.3 Å². The lowest BCUT2D eigenvalue weighted by atomic mass is 10.1. The maximum atomic E-state index is 13.0. The van der Waals surface area contributed by atoms with Gasteiger partial charge in [-0.3, -0.25) is 0 Å². The predicted molar refractivity (Wildman–Crippen MR) is 67.3 cm³/mol. The van der Waals surface area contributed by atoms with E-state index in [0.29, 0.717) is 5.39 Å². The number of hydrogen-bond acceptors (Lipinski definition) is 3. The van der Waals surface area contributed by atoms with Crippen LogP contribution < -0.4 is 0 Å². The number of ether oxygens (including phenoxy) is 1. The molecule has 6 heteroatoms. The van der Waals surface area contributed by atoms with Crippen molar-refractivity contribution in [3.63, 3.8) is 0 Å². The fourth-order valence-corrected chi connectivity index (χ4v) is 1.77. The summed E-state index contributed by atoms with van der Waals surface area (Å²) >= 11 is 0. The van der Waals surface area contributed by atoms with E-state index in [2.05, 4.69) is 4.98 Å². The fraction of sp³-hybridized carbons (Fsp3) is 0.286. The van der Waals surface area contributed by atoms with Gasteiger partial charge in [0, 0.05) is 5.39 Å². The maximum Gasteiger partial charge on any atom is 0.434 e. The molecular weight excluding hydrogens is 271 g/mol. The second-order valence-electron chi connectivity index (χ2n) is 4.53. The molecule has 0 atom stereocenters. The first kappa shape index (κ1) is 14.3. The maximum absolute atomic E-state index is 13.0. The van der Waals surface area contributed by atoms with Crippen LogP contribution in [0, 0.1) is 0 Å². The Labute approximate surface area is 113 Å². The molecule has 106 valence electrons. The van der Waals surface area contributed by atoms with Crippen LogP contribution in [0.3, 0.4) is 0 Å². The molecule has 0 unspecified atom stereocenters. The SMILES string of the molecule is CC(C)OC(=O)c1cc2ccccc2nc1C(F)(F)F. The summed E-state index contributed by atoms with van der Waals surface area (Å²) in [7, 11) is 0. The molecule has 0 bridgehead atoms. The Morgan fingerprint density at radius 3 is 2.50 bits per heavy atom. The van der Waals surface area contributed by atoms with Crippen molar-refractivity contribution in [2.45, 2.75) is 26.1 Å². The van der Waals surface area contributed by atoms with Gasteiger partial charge in [-0.15, -0.1) is 0 Å². The molecular formula is C14H12F3NO2. The Morgan fingerprint density at radius 2 is 1.90 bits per heavy atom. The zero-order valence-corrected chi connectivity index (χ0v) is 10.9. The summed E-state index contributed by atoms with van der Waals surface area (Å²) < 4.78 is 43.9. The number of esters is 1. The monoisotopic (exact) mass is 283 g/mol. The highest BCUT2D eigenvalue weighted by Crippen LogP contribution is 2.32. The fourth-order valence-electron chi connectivity index (χ4n) is 1.77. The number of hydrogen-bond donors (Lipinski definition) is 0. The Bertz CT molecular complexity index is 650. The second-order valence-corrected chi connectivity index (χ2v) is 4.53. The minimum Gasteiger partial charge on any atom is -0.459 e. The van der Waals surface area contributed by atoms with Gasteiger partial charge in [0.25, 0.3) is 0 Å². The molecule has 0 saturated heterocycles. The van der Waals surface area contributed by atoms with Crippen molar-refractivity contribution in [2.24, 2.45) is 0 Å². The average molecular weight is 283 g/mol. The van der Waals surface area contributed by atoms with Crippen molar-refractivity contribution in [3.8, 4) is 0 Å². The summed E-state index contributed by atoms with van der Waals surface area (Å²) in [6, 6.07) is 7.46. The molecule has 0 fully saturated rings. The summed E-state index contributed by atoms with van der Waals surface area (Å²) in [5.74, 6) is -1.02. The Kier molecular flexibility index (Phi) is 3.65. The molecule has 0 spiro atoms. The lowest BCUT2D eigenvalue weighted by Gasteiger charge is -2.14. The normalized spacial score (nSPS) is 11.9. The average Bonchev–Trinajstić information content (AvgIpc) is 2.35. The summed E-state index contributed by atoms with van der Waals surface area (Å²) in [5.41, 5.74) is -1.60. The van der Waals surface area contributed by atoms with E-state index in [1.54, 1.807) is 32.0 Å². The van der Waals surface area contributed by atoms with Crippen LogP contribution in [-0.2, 0) is 10.9 Å². The van der Waals surface area contributed by atoms with E-state index in [-0.39, 0.29) is 5.52 Å². The van der Waals surface area contributed by atoms with Gasteiger partial charge in [0.15, 0.2) is 5.69 Å². The van der Waals surface area contributed by atoms with E-state index in [4.69, 9.17) is 4.74 Å². The van der Waals surface area contributed by atoms with Crippen molar-refractivity contribution in [1.29, 1.82) is 0 Å². The molecule has 0 aliphatic carbocycles. The van der Waals surface area contributed by atoms with Gasteiger partial charge < -0.3 is 4.74 Å². The van der Waals surface area contributed by atoms with Gasteiger partial charge >= 0.3 is 12.1 Å². The van der Waals surface area contributed by atoms with Crippen molar-refractivity contribution in [3.05, 3.63) is 41.6 Å². The number of alkyl halides is 3. The van der Waals surface area contributed by atoms with E-state index in [9.17, 15) is 18.0 Å². The molecule has 1 aromatic heterocycles. The third-order valence-corrected chi connectivity index (χ3v) is 2.56. The molecule has 0 saturated carbocycles. The van der Waals surface area contributed by atoms with Gasteiger partial charge in [0.1, 0.15) is 0 Å². The van der Waals surface area contributed by atoms with E-state index < -0.39 is 29.5 Å². The van der Waals surface area contributed by atoms with Crippen molar-refractivity contribution in [1.82, 2.24) is 4.98 Å². The summed E-state index contributed by atoms with van der Waals surface area (Å²) in [6.45, 7) is 3.14. The summed E-state index contributed by atoms with van der Waals surface area (Å²) in [5, 5.41) is 0.455. The number of carbonyl (C=O) groups is 1. The van der Waals surface area contributed by atoms with Crippen LogP contribution in [0.1, 0.15) is 29.9 Å². The first-order chi connectivity index (χ1) is 9.29. The van der Waals surface area contributed by atoms with Crippen LogP contribution in [-0.4, -0.2) is 17.1 Å². The molecule has 3 nitrogen and oxygen atoms in total. The van der Waals surface area contributed by atoms with Crippen molar-refractivity contribution >= 4 is 16.9 Å². The highest BCUT2D eigenvalue weighted by molar-refractivity contribution is 5.95. The first-order valence-electron chi connectivity index (χ1n) is 5.97. The molecule has 0 aliphatic rings. The predicted octanol–water partition coefficient (Wildman–Crippen LogP) is 3.82. The smallest absolute Gasteiger partial charge is 0.434 e. The molecule has 2 aromatic rings. The third kappa shape index (κ3) is 2.89. The quantitative estimate of drug-likeness (QED) is 0.786. The standard InChI is InChI=1S/C14H12F3NO2/c1-8(2)20-13(19)10-7-9-5-3-4-6-11(9)18-12(10)14(15,16)17/h3-8H,1-2H3. The van der Waals surface area contributed by atoms with Gasteiger partial charge in [0.2, 0.25) is 0 Å². The number of carbonyl (C=O) groups excluding carboxylic acids is 1. The van der Waals surface area contributed by atoms with E-state index >= 15 is 0 Å². The van der Waals surface area contributed by atoms with Gasteiger partial charge in [0.05, 0.1) is 17.2 Å². The molecule has 0 amide bonds. The number of para-hydroxylation sites is 1. The molecule has 1 heterocycles. The van der Waals surface area contributed by atoms with Crippen LogP contribution in [0.5, 0.6) is 0 Å². The molecule has 0 aliphatic heterocycles. The second kappa shape index (κ2) is 5.11. The highest BCUT2D eigenvalue weighted by atomic mass is 19.4. The number of nitrogens with zero attached hydrogens (tertiary/aromatic N) is 1. The van der Waals surface area contributed by atoms with E-state index in [1.165, 1.54) is 6.07 Å². The number of fused-ring (bicyclic) bond motifs is 1. The number of halogens is 3. The Morgan fingerprint density at radius 1 is 1.25 bits per heavy atom. The molecule has 0 N–H and O–H groups in total. The number of aromatic nitrogens is 1. The number of pyridine rings is 1. The topological polar surface area (TPSA) is 39.2 Å². The van der Waals surface area contributed by atoms with Crippen molar-refractivity contribution in [2.75, 3.05) is 0 Å². The van der Waals surface area contributed by atoms with Crippen LogP contribution in [0.25, 0.3) is 10.9 Å². The highest BCUT2D eigenvalue weighted by Gasteiger charge is 2.38. The van der Waals surface area contributed by atoms with Gasteiger partial charge in [-0.05, 0) is 26.0 Å². The zero-order valence-electron chi connectivity index (χ0n) is 10.9. The van der Waals surface area contributed by atoms with Gasteiger partial charge in [-0.2, -0.15) is 13.2 Å². The number of benzene rings is 1. The largest absolute Gasteiger partial charge is 0.459 e. The van der Waals surface area contributed by atoms with Crippen molar-refractivity contribution < 1.29 is 22.7 Å². The third-order valence-electron chi connectivity index (χ3n) is 2.56. The van der Waals surface area contributed by atoms with E-state index in [0.717, 1.165) is 6.07 Å². The molecule has 1 aromatic carbocycles.